The molecule has 5 aromatic rings. The number of rotatable bonds is 4. The third-order valence-electron chi connectivity index (χ3n) is 5.37. The van der Waals surface area contributed by atoms with Crippen molar-refractivity contribution in [2.75, 3.05) is 5.32 Å². The number of benzene rings is 2. The summed E-state index contributed by atoms with van der Waals surface area (Å²) in [6, 6.07) is 13.4. The van der Waals surface area contributed by atoms with Gasteiger partial charge in [-0.3, -0.25) is 9.36 Å². The summed E-state index contributed by atoms with van der Waals surface area (Å²) in [5.74, 6) is 0.161. The van der Waals surface area contributed by atoms with Gasteiger partial charge in [0.2, 0.25) is 0 Å². The fourth-order valence-corrected chi connectivity index (χ4v) is 3.91. The van der Waals surface area contributed by atoms with E-state index in [1.165, 1.54) is 18.5 Å². The molecule has 3 heterocycles. The maximum absolute atomic E-state index is 14.0. The minimum Gasteiger partial charge on any atom is -0.360 e. The Morgan fingerprint density at radius 3 is 2.72 bits per heavy atom. The second-order valence-corrected chi connectivity index (χ2v) is 7.42. The SMILES string of the molecule is Cc1cccc2cc([C@H](C)Nc3ncnc4nc[nH]c34)n(-c3cccc(F)c3)c(=O)c12.S. The van der Waals surface area contributed by atoms with Crippen molar-refractivity contribution in [2.24, 2.45) is 0 Å². The van der Waals surface area contributed by atoms with Crippen LogP contribution in [-0.2, 0) is 0 Å². The van der Waals surface area contributed by atoms with E-state index in [1.54, 1.807) is 23.0 Å². The monoisotopic (exact) mass is 448 g/mol. The van der Waals surface area contributed by atoms with Crippen LogP contribution in [0.1, 0.15) is 24.2 Å². The molecule has 3 aromatic heterocycles. The topological polar surface area (TPSA) is 88.5 Å². The molecule has 5 rings (SSSR count). The Labute approximate surface area is 189 Å². The lowest BCUT2D eigenvalue weighted by molar-refractivity contribution is 0.625. The summed E-state index contributed by atoms with van der Waals surface area (Å²) in [4.78, 5) is 29.2. The van der Waals surface area contributed by atoms with Crippen LogP contribution in [0.15, 0.2) is 66.0 Å². The first-order chi connectivity index (χ1) is 15.0. The summed E-state index contributed by atoms with van der Waals surface area (Å²) in [6.07, 6.45) is 2.98. The normalized spacial score (nSPS) is 12.0. The summed E-state index contributed by atoms with van der Waals surface area (Å²) >= 11 is 0. The lowest BCUT2D eigenvalue weighted by Gasteiger charge is -2.22. The number of aryl methyl sites for hydroxylation is 1. The van der Waals surface area contributed by atoms with Gasteiger partial charge in [0.15, 0.2) is 11.5 Å². The first-order valence-electron chi connectivity index (χ1n) is 9.85. The number of aromatic amines is 1. The van der Waals surface area contributed by atoms with Crippen LogP contribution in [-0.4, -0.2) is 24.5 Å². The van der Waals surface area contributed by atoms with Gasteiger partial charge in [-0.05, 0) is 49.1 Å². The summed E-state index contributed by atoms with van der Waals surface area (Å²) in [5, 5.41) is 4.78. The standard InChI is InChI=1S/C23H19FN6O.H2S/c1-13-5-3-6-15-9-18(14(2)29-22-20-21(26-11-25-20)27-12-28-22)30(23(31)19(13)15)17-8-4-7-16(24)10-17;/h3-12,14H,1-2H3,(H2,25,26,27,28,29);1H2/t14-;/m0./s1. The molecule has 0 aliphatic rings. The lowest BCUT2D eigenvalue weighted by atomic mass is 10.0. The number of hydrogen-bond acceptors (Lipinski definition) is 5. The van der Waals surface area contributed by atoms with E-state index in [9.17, 15) is 9.18 Å². The summed E-state index contributed by atoms with van der Waals surface area (Å²) < 4.78 is 15.6. The number of aromatic nitrogens is 5. The molecular formula is C23H21FN6OS. The Kier molecular flexibility index (Phi) is 5.67. The van der Waals surface area contributed by atoms with Crippen molar-refractivity contribution in [3.05, 3.63) is 88.6 Å². The van der Waals surface area contributed by atoms with E-state index in [2.05, 4.69) is 25.3 Å². The third kappa shape index (κ3) is 3.60. The predicted octanol–water partition coefficient (Wildman–Crippen LogP) is 4.39. The highest BCUT2D eigenvalue weighted by Crippen LogP contribution is 2.26. The van der Waals surface area contributed by atoms with Gasteiger partial charge in [-0.1, -0.05) is 24.3 Å². The zero-order valence-electron chi connectivity index (χ0n) is 17.4. The minimum atomic E-state index is -0.407. The Bertz CT molecular complexity index is 1500. The molecule has 0 amide bonds. The van der Waals surface area contributed by atoms with Crippen molar-refractivity contribution in [2.45, 2.75) is 19.9 Å². The molecule has 0 saturated carbocycles. The van der Waals surface area contributed by atoms with Crippen LogP contribution < -0.4 is 10.9 Å². The molecule has 0 bridgehead atoms. The average molecular weight is 449 g/mol. The van der Waals surface area contributed by atoms with E-state index in [1.807, 2.05) is 38.1 Å². The molecule has 162 valence electrons. The molecule has 2 aromatic carbocycles. The molecule has 32 heavy (non-hydrogen) atoms. The highest BCUT2D eigenvalue weighted by atomic mass is 32.1. The van der Waals surface area contributed by atoms with Gasteiger partial charge < -0.3 is 10.3 Å². The van der Waals surface area contributed by atoms with Gasteiger partial charge in [-0.25, -0.2) is 19.3 Å². The van der Waals surface area contributed by atoms with Crippen molar-refractivity contribution in [3.63, 3.8) is 0 Å². The average Bonchev–Trinajstić information content (AvgIpc) is 3.23. The molecule has 0 radical (unpaired) electrons. The number of fused-ring (bicyclic) bond motifs is 2. The Morgan fingerprint density at radius 2 is 1.91 bits per heavy atom. The number of pyridine rings is 1. The van der Waals surface area contributed by atoms with Crippen LogP contribution in [0.2, 0.25) is 0 Å². The van der Waals surface area contributed by atoms with Gasteiger partial charge in [0.05, 0.1) is 23.4 Å². The van der Waals surface area contributed by atoms with Crippen LogP contribution in [0, 0.1) is 12.7 Å². The van der Waals surface area contributed by atoms with Gasteiger partial charge in [0, 0.05) is 5.69 Å². The first-order valence-corrected chi connectivity index (χ1v) is 9.85. The molecular weight excluding hydrogens is 427 g/mol. The van der Waals surface area contributed by atoms with Crippen molar-refractivity contribution >= 4 is 41.2 Å². The summed E-state index contributed by atoms with van der Waals surface area (Å²) in [5.41, 5.74) is 3.04. The molecule has 0 fully saturated rings. The van der Waals surface area contributed by atoms with Gasteiger partial charge >= 0.3 is 0 Å². The van der Waals surface area contributed by atoms with Crippen molar-refractivity contribution in [1.82, 2.24) is 24.5 Å². The number of nitrogens with zero attached hydrogens (tertiary/aromatic N) is 4. The summed E-state index contributed by atoms with van der Waals surface area (Å²) in [6.45, 7) is 3.83. The van der Waals surface area contributed by atoms with E-state index >= 15 is 0 Å². The van der Waals surface area contributed by atoms with Crippen molar-refractivity contribution in [1.29, 1.82) is 0 Å². The maximum Gasteiger partial charge on any atom is 0.263 e. The van der Waals surface area contributed by atoms with E-state index < -0.39 is 5.82 Å². The maximum atomic E-state index is 14.0. The second-order valence-electron chi connectivity index (χ2n) is 7.42. The van der Waals surface area contributed by atoms with E-state index in [0.29, 0.717) is 33.7 Å². The number of hydrogen-bond donors (Lipinski definition) is 2. The van der Waals surface area contributed by atoms with Gasteiger partial charge in [0.1, 0.15) is 17.7 Å². The number of halogens is 1. The highest BCUT2D eigenvalue weighted by Gasteiger charge is 2.19. The molecule has 0 saturated heterocycles. The predicted molar refractivity (Wildman–Crippen MR) is 128 cm³/mol. The van der Waals surface area contributed by atoms with Crippen LogP contribution in [0.25, 0.3) is 27.6 Å². The van der Waals surface area contributed by atoms with Gasteiger partial charge in [-0.15, -0.1) is 0 Å². The molecule has 0 unspecified atom stereocenters. The number of anilines is 1. The van der Waals surface area contributed by atoms with Crippen LogP contribution in [0.4, 0.5) is 10.2 Å². The van der Waals surface area contributed by atoms with Crippen molar-refractivity contribution in [3.8, 4) is 5.69 Å². The van der Waals surface area contributed by atoms with Crippen LogP contribution >= 0.6 is 13.5 Å². The second kappa shape index (κ2) is 8.43. The van der Waals surface area contributed by atoms with Crippen molar-refractivity contribution < 1.29 is 4.39 Å². The van der Waals surface area contributed by atoms with E-state index in [0.717, 1.165) is 10.9 Å². The smallest absolute Gasteiger partial charge is 0.263 e. The van der Waals surface area contributed by atoms with Gasteiger partial charge in [0.25, 0.3) is 5.56 Å². The Morgan fingerprint density at radius 1 is 1.09 bits per heavy atom. The molecule has 2 N–H and O–H groups in total. The number of nitrogens with one attached hydrogen (secondary N) is 2. The quantitative estimate of drug-likeness (QED) is 0.426. The largest absolute Gasteiger partial charge is 0.360 e. The molecule has 0 aliphatic carbocycles. The first kappa shape index (κ1) is 21.5. The zero-order valence-corrected chi connectivity index (χ0v) is 18.4. The molecule has 0 aliphatic heterocycles. The third-order valence-corrected chi connectivity index (χ3v) is 5.37. The van der Waals surface area contributed by atoms with E-state index in [-0.39, 0.29) is 25.1 Å². The van der Waals surface area contributed by atoms with Crippen LogP contribution in [0.5, 0.6) is 0 Å². The molecule has 1 atom stereocenters. The fraction of sp³-hybridized carbons (Fsp3) is 0.130. The summed E-state index contributed by atoms with van der Waals surface area (Å²) in [7, 11) is 0. The molecule has 7 nitrogen and oxygen atoms in total. The molecule has 0 spiro atoms. The van der Waals surface area contributed by atoms with Gasteiger partial charge in [-0.2, -0.15) is 13.5 Å². The Balaban J connectivity index is 0.00000245. The lowest BCUT2D eigenvalue weighted by Crippen LogP contribution is -2.26. The van der Waals surface area contributed by atoms with Crippen LogP contribution in [0.3, 0.4) is 0 Å². The zero-order chi connectivity index (χ0) is 21.5. The fourth-order valence-electron chi connectivity index (χ4n) is 3.91. The molecule has 9 heteroatoms. The number of imidazole rings is 1. The van der Waals surface area contributed by atoms with E-state index in [4.69, 9.17) is 0 Å². The Hall–Kier alpha value is -3.72. The highest BCUT2D eigenvalue weighted by molar-refractivity contribution is 7.59. The minimum absolute atomic E-state index is 0. The number of H-pyrrole nitrogens is 1.